The van der Waals surface area contributed by atoms with Gasteiger partial charge in [-0.25, -0.2) is 4.79 Å². The molecule has 6 heteroatoms. The molecule has 2 rings (SSSR count). The molecule has 22 heavy (non-hydrogen) atoms. The first-order valence-electron chi connectivity index (χ1n) is 6.94. The maximum Gasteiger partial charge on any atom is 0.333 e. The van der Waals surface area contributed by atoms with E-state index >= 15 is 0 Å². The topological polar surface area (TPSA) is 69.4 Å². The molecule has 0 aromatic heterocycles. The predicted molar refractivity (Wildman–Crippen MR) is 84.7 cm³/mol. The monoisotopic (exact) mass is 321 g/mol. The van der Waals surface area contributed by atoms with Crippen molar-refractivity contribution >= 4 is 28.8 Å². The van der Waals surface area contributed by atoms with Crippen molar-refractivity contribution in [1.29, 1.82) is 0 Å². The molecule has 0 atom stereocenters. The third kappa shape index (κ3) is 3.54. The summed E-state index contributed by atoms with van der Waals surface area (Å²) in [5.41, 5.74) is 1.77. The van der Waals surface area contributed by atoms with Gasteiger partial charge in [0.05, 0.1) is 22.6 Å². The lowest BCUT2D eigenvalue weighted by atomic mass is 9.94. The van der Waals surface area contributed by atoms with Gasteiger partial charge in [-0.3, -0.25) is 10.1 Å². The van der Waals surface area contributed by atoms with Crippen LogP contribution < -0.4 is 0 Å². The van der Waals surface area contributed by atoms with E-state index in [1.54, 1.807) is 18.2 Å². The first kappa shape index (κ1) is 16.2. The van der Waals surface area contributed by atoms with E-state index in [9.17, 15) is 14.9 Å². The number of carbonyl (C=O) groups excluding carboxylic acids is 1. The number of benzene rings is 1. The highest BCUT2D eigenvalue weighted by Crippen LogP contribution is 2.36. The molecule has 0 spiro atoms. The van der Waals surface area contributed by atoms with Crippen molar-refractivity contribution < 1.29 is 14.5 Å². The molecular weight excluding hydrogens is 306 g/mol. The third-order valence-corrected chi connectivity index (χ3v) is 3.88. The van der Waals surface area contributed by atoms with Crippen molar-refractivity contribution in [3.63, 3.8) is 0 Å². The van der Waals surface area contributed by atoms with Crippen LogP contribution in [-0.4, -0.2) is 18.0 Å². The second kappa shape index (κ2) is 7.22. The van der Waals surface area contributed by atoms with Gasteiger partial charge in [-0.15, -0.1) is 0 Å². The van der Waals surface area contributed by atoms with Crippen molar-refractivity contribution in [3.8, 4) is 0 Å². The van der Waals surface area contributed by atoms with Gasteiger partial charge in [0.15, 0.2) is 0 Å². The number of nitro groups is 1. The molecule has 0 heterocycles. The van der Waals surface area contributed by atoms with E-state index in [1.165, 1.54) is 13.2 Å². The van der Waals surface area contributed by atoms with Crippen LogP contribution in [0.2, 0.25) is 5.02 Å². The molecule has 0 radical (unpaired) electrons. The summed E-state index contributed by atoms with van der Waals surface area (Å²) in [7, 11) is 1.34. The van der Waals surface area contributed by atoms with Crippen LogP contribution in [0.25, 0.3) is 5.57 Å². The number of hydrogen-bond acceptors (Lipinski definition) is 4. The zero-order valence-corrected chi connectivity index (χ0v) is 12.9. The Kier molecular flexibility index (Phi) is 5.33. The van der Waals surface area contributed by atoms with Gasteiger partial charge in [-0.1, -0.05) is 29.8 Å². The van der Waals surface area contributed by atoms with Crippen LogP contribution in [0.4, 0.5) is 5.69 Å². The highest BCUT2D eigenvalue weighted by Gasteiger charge is 2.21. The van der Waals surface area contributed by atoms with Crippen molar-refractivity contribution in [2.24, 2.45) is 0 Å². The number of rotatable bonds is 3. The molecule has 1 aromatic carbocycles. The molecule has 1 aliphatic carbocycles. The SMILES string of the molecule is COC(=O)/C1=C/C/C(c2c(Cl)cccc2[N+](=O)[O-])=C\CCC1. The van der Waals surface area contributed by atoms with Gasteiger partial charge in [0, 0.05) is 11.6 Å². The molecule has 0 N–H and O–H groups in total. The predicted octanol–water partition coefficient (Wildman–Crippen LogP) is 4.31. The first-order valence-corrected chi connectivity index (χ1v) is 7.32. The summed E-state index contributed by atoms with van der Waals surface area (Å²) in [5, 5.41) is 11.6. The van der Waals surface area contributed by atoms with Gasteiger partial charge < -0.3 is 4.74 Å². The average Bonchev–Trinajstić information content (AvgIpc) is 2.47. The molecule has 0 unspecified atom stereocenters. The number of esters is 1. The number of ether oxygens (including phenoxy) is 1. The molecular formula is C16H16ClNO4. The van der Waals surface area contributed by atoms with Crippen LogP contribution in [0.1, 0.15) is 31.2 Å². The Bertz CT molecular complexity index is 664. The fraction of sp³-hybridized carbons (Fsp3) is 0.312. The number of hydrogen-bond donors (Lipinski definition) is 0. The minimum Gasteiger partial charge on any atom is -0.466 e. The Morgan fingerprint density at radius 2 is 2.14 bits per heavy atom. The highest BCUT2D eigenvalue weighted by atomic mass is 35.5. The van der Waals surface area contributed by atoms with Crippen LogP contribution in [0.15, 0.2) is 35.9 Å². The van der Waals surface area contributed by atoms with E-state index in [1.807, 2.05) is 6.08 Å². The summed E-state index contributed by atoms with van der Waals surface area (Å²) in [6.07, 6.45) is 6.29. The quantitative estimate of drug-likeness (QED) is 0.472. The number of carbonyl (C=O) groups is 1. The lowest BCUT2D eigenvalue weighted by Gasteiger charge is -2.13. The minimum absolute atomic E-state index is 0.0210. The maximum atomic E-state index is 11.7. The third-order valence-electron chi connectivity index (χ3n) is 3.57. The number of nitrogens with zero attached hydrogens (tertiary/aromatic N) is 1. The maximum absolute atomic E-state index is 11.7. The van der Waals surface area contributed by atoms with E-state index in [0.29, 0.717) is 29.0 Å². The lowest BCUT2D eigenvalue weighted by Crippen LogP contribution is -2.06. The zero-order chi connectivity index (χ0) is 16.1. The van der Waals surface area contributed by atoms with E-state index in [2.05, 4.69) is 0 Å². The Morgan fingerprint density at radius 1 is 1.36 bits per heavy atom. The molecule has 0 bridgehead atoms. The highest BCUT2D eigenvalue weighted by molar-refractivity contribution is 6.32. The fourth-order valence-corrected chi connectivity index (χ4v) is 2.78. The Balaban J connectivity index is 2.42. The summed E-state index contributed by atoms with van der Waals surface area (Å²) in [5.74, 6) is -0.352. The Hall–Kier alpha value is -2.14. The fourth-order valence-electron chi connectivity index (χ4n) is 2.49. The molecule has 1 aromatic rings. The van der Waals surface area contributed by atoms with Crippen LogP contribution in [0.5, 0.6) is 0 Å². The van der Waals surface area contributed by atoms with Gasteiger partial charge in [-0.2, -0.15) is 0 Å². The van der Waals surface area contributed by atoms with E-state index in [-0.39, 0.29) is 11.7 Å². The van der Waals surface area contributed by atoms with Gasteiger partial charge >= 0.3 is 5.97 Å². The Morgan fingerprint density at radius 3 is 2.82 bits per heavy atom. The van der Waals surface area contributed by atoms with Gasteiger partial charge in [0.1, 0.15) is 0 Å². The number of allylic oxidation sites excluding steroid dienone is 3. The van der Waals surface area contributed by atoms with Gasteiger partial charge in [0.2, 0.25) is 0 Å². The van der Waals surface area contributed by atoms with Crippen LogP contribution in [0.3, 0.4) is 0 Å². The van der Waals surface area contributed by atoms with Crippen LogP contribution >= 0.6 is 11.6 Å². The number of nitro benzene ring substituents is 1. The largest absolute Gasteiger partial charge is 0.466 e. The second-order valence-corrected chi connectivity index (χ2v) is 5.34. The van der Waals surface area contributed by atoms with Crippen molar-refractivity contribution in [2.45, 2.75) is 25.7 Å². The molecule has 0 aliphatic heterocycles. The normalized spacial score (nSPS) is 19.9. The molecule has 0 fully saturated rings. The van der Waals surface area contributed by atoms with Crippen molar-refractivity contribution in [2.75, 3.05) is 7.11 Å². The van der Waals surface area contributed by atoms with Gasteiger partial charge in [-0.05, 0) is 37.3 Å². The molecule has 0 saturated carbocycles. The van der Waals surface area contributed by atoms with Gasteiger partial charge in [0.25, 0.3) is 5.69 Å². The second-order valence-electron chi connectivity index (χ2n) is 4.94. The standard InChI is InChI=1S/C16H16ClNO4/c1-22-16(19)12-6-3-2-5-11(9-10-12)15-13(17)7-4-8-14(15)18(20)21/h4-5,7-8,10H,2-3,6,9H2,1H3/b11-5+,12-10+. The summed E-state index contributed by atoms with van der Waals surface area (Å²) in [4.78, 5) is 22.5. The summed E-state index contributed by atoms with van der Waals surface area (Å²) >= 11 is 6.17. The van der Waals surface area contributed by atoms with Crippen LogP contribution in [-0.2, 0) is 9.53 Å². The summed E-state index contributed by atoms with van der Waals surface area (Å²) in [6.45, 7) is 0. The molecule has 5 nitrogen and oxygen atoms in total. The molecule has 116 valence electrons. The summed E-state index contributed by atoms with van der Waals surface area (Å²) < 4.78 is 4.75. The smallest absolute Gasteiger partial charge is 0.333 e. The average molecular weight is 322 g/mol. The van der Waals surface area contributed by atoms with Crippen molar-refractivity contribution in [3.05, 3.63) is 56.6 Å². The van der Waals surface area contributed by atoms with E-state index in [4.69, 9.17) is 16.3 Å². The van der Waals surface area contributed by atoms with E-state index < -0.39 is 4.92 Å². The van der Waals surface area contributed by atoms with E-state index in [0.717, 1.165) is 18.4 Å². The molecule has 0 saturated heterocycles. The van der Waals surface area contributed by atoms with Crippen molar-refractivity contribution in [1.82, 2.24) is 0 Å². The minimum atomic E-state index is -0.439. The lowest BCUT2D eigenvalue weighted by molar-refractivity contribution is -0.385. The molecule has 0 amide bonds. The molecule has 1 aliphatic rings. The first-order chi connectivity index (χ1) is 10.5. The summed E-state index contributed by atoms with van der Waals surface area (Å²) in [6, 6.07) is 4.63. The van der Waals surface area contributed by atoms with Crippen LogP contribution in [0, 0.1) is 10.1 Å². The Labute approximate surface area is 133 Å². The number of halogens is 1. The number of methoxy groups -OCH3 is 1. The zero-order valence-electron chi connectivity index (χ0n) is 12.2.